The Labute approximate surface area is 151 Å². The maximum atomic E-state index is 11.8. The minimum atomic E-state index is -1.08. The van der Waals surface area contributed by atoms with Crippen LogP contribution in [0.3, 0.4) is 0 Å². The summed E-state index contributed by atoms with van der Waals surface area (Å²) in [5.41, 5.74) is -1.26. The predicted octanol–water partition coefficient (Wildman–Crippen LogP) is 0.310. The first-order valence-electron chi connectivity index (χ1n) is 7.53. The molecule has 0 spiro atoms. The van der Waals surface area contributed by atoms with Gasteiger partial charge in [0.25, 0.3) is 0 Å². The largest absolute Gasteiger partial charge is 0.469 e. The monoisotopic (exact) mass is 372 g/mol. The summed E-state index contributed by atoms with van der Waals surface area (Å²) in [4.78, 5) is 45.7. The van der Waals surface area contributed by atoms with Crippen molar-refractivity contribution in [3.63, 3.8) is 0 Å². The number of hydrogen-bond acceptors (Lipinski definition) is 9. The van der Waals surface area contributed by atoms with E-state index in [-0.39, 0.29) is 37.2 Å². The minimum absolute atomic E-state index is 0.0752. The van der Waals surface area contributed by atoms with E-state index in [0.29, 0.717) is 0 Å². The lowest BCUT2D eigenvalue weighted by atomic mass is 9.94. The van der Waals surface area contributed by atoms with Gasteiger partial charge in [-0.1, -0.05) is 20.1 Å². The summed E-state index contributed by atoms with van der Waals surface area (Å²) < 4.78 is 18.8. The molecule has 0 aliphatic rings. The molecular formula is C17H24O9. The predicted molar refractivity (Wildman–Crippen MR) is 88.7 cm³/mol. The van der Waals surface area contributed by atoms with E-state index in [0.717, 1.165) is 7.11 Å². The topological polar surface area (TPSA) is 125 Å². The molecule has 0 aliphatic heterocycles. The van der Waals surface area contributed by atoms with Crippen LogP contribution in [-0.4, -0.2) is 63.0 Å². The fraction of sp³-hybridized carbons (Fsp3) is 0.529. The Morgan fingerprint density at radius 1 is 0.846 bits per heavy atom. The maximum absolute atomic E-state index is 11.8. The molecule has 146 valence electrons. The second-order valence-corrected chi connectivity index (χ2v) is 5.83. The van der Waals surface area contributed by atoms with Crippen molar-refractivity contribution < 1.29 is 43.2 Å². The number of carbonyl (C=O) groups excluding carboxylic acids is 4. The third kappa shape index (κ3) is 8.43. The summed E-state index contributed by atoms with van der Waals surface area (Å²) >= 11 is 0. The van der Waals surface area contributed by atoms with Crippen molar-refractivity contribution in [3.05, 3.63) is 24.3 Å². The molecule has 0 saturated carbocycles. The lowest BCUT2D eigenvalue weighted by Crippen LogP contribution is -2.35. The number of aliphatic hydroxyl groups is 1. The van der Waals surface area contributed by atoms with E-state index in [4.69, 9.17) is 9.47 Å². The van der Waals surface area contributed by atoms with Gasteiger partial charge in [-0.25, -0.2) is 9.59 Å². The second-order valence-electron chi connectivity index (χ2n) is 5.83. The first-order chi connectivity index (χ1) is 12.1. The van der Waals surface area contributed by atoms with E-state index in [9.17, 15) is 24.3 Å². The normalized spacial score (nSPS) is 12.3. The number of ether oxygens (including phenoxy) is 4. The van der Waals surface area contributed by atoms with Gasteiger partial charge in [-0.2, -0.15) is 0 Å². The van der Waals surface area contributed by atoms with Crippen molar-refractivity contribution in [3.8, 4) is 0 Å². The Hall–Kier alpha value is -2.68. The molecule has 26 heavy (non-hydrogen) atoms. The summed E-state index contributed by atoms with van der Waals surface area (Å²) in [5, 5.41) is 9.47. The first kappa shape index (κ1) is 23.3. The van der Waals surface area contributed by atoms with E-state index in [1.54, 1.807) is 0 Å². The molecule has 0 bridgehead atoms. The maximum Gasteiger partial charge on any atom is 0.334 e. The molecule has 9 nitrogen and oxygen atoms in total. The van der Waals surface area contributed by atoms with Gasteiger partial charge in [0, 0.05) is 11.1 Å². The van der Waals surface area contributed by atoms with Crippen molar-refractivity contribution in [2.75, 3.05) is 34.0 Å². The van der Waals surface area contributed by atoms with Crippen LogP contribution < -0.4 is 0 Å². The van der Waals surface area contributed by atoms with Crippen LogP contribution in [0.4, 0.5) is 0 Å². The van der Waals surface area contributed by atoms with Gasteiger partial charge in [0.1, 0.15) is 13.2 Å². The van der Waals surface area contributed by atoms with Crippen LogP contribution in [-0.2, 0) is 38.1 Å². The molecule has 0 aromatic rings. The SMILES string of the molecule is C=C(CC(=O)OCC(C)(CO)COC(=O)C(=C)CC(=O)OC)C(=O)OC. The Kier molecular flexibility index (Phi) is 9.90. The fourth-order valence-electron chi connectivity index (χ4n) is 1.49. The summed E-state index contributed by atoms with van der Waals surface area (Å²) in [5.74, 6) is -2.96. The van der Waals surface area contributed by atoms with Crippen LogP contribution in [0.25, 0.3) is 0 Å². The highest BCUT2D eigenvalue weighted by Crippen LogP contribution is 2.18. The molecule has 1 N–H and O–H groups in total. The van der Waals surface area contributed by atoms with E-state index in [1.165, 1.54) is 14.0 Å². The van der Waals surface area contributed by atoms with Gasteiger partial charge in [0.05, 0.1) is 39.1 Å². The fourth-order valence-corrected chi connectivity index (χ4v) is 1.49. The number of aliphatic hydroxyl groups excluding tert-OH is 1. The average Bonchev–Trinajstić information content (AvgIpc) is 2.63. The van der Waals surface area contributed by atoms with E-state index >= 15 is 0 Å². The lowest BCUT2D eigenvalue weighted by Gasteiger charge is -2.26. The highest BCUT2D eigenvalue weighted by molar-refractivity contribution is 5.93. The van der Waals surface area contributed by atoms with Crippen LogP contribution in [0.15, 0.2) is 24.3 Å². The number of methoxy groups -OCH3 is 2. The number of esters is 4. The molecule has 0 heterocycles. The first-order valence-corrected chi connectivity index (χ1v) is 7.53. The molecule has 1 atom stereocenters. The standard InChI is InChI=1S/C17H24O9/c1-11(15(21)24-5)7-14(20)25-9-17(3,8-18)10-26-16(22)12(2)6-13(19)23-4/h18H,1-2,6-10H2,3-5H3. The van der Waals surface area contributed by atoms with Crippen LogP contribution in [0.2, 0.25) is 0 Å². The van der Waals surface area contributed by atoms with Crippen molar-refractivity contribution in [2.24, 2.45) is 5.41 Å². The van der Waals surface area contributed by atoms with Crippen LogP contribution in [0, 0.1) is 5.41 Å². The summed E-state index contributed by atoms with van der Waals surface area (Å²) in [7, 11) is 2.33. The molecule has 0 aromatic heterocycles. The van der Waals surface area contributed by atoms with E-state index in [1.807, 2.05) is 0 Å². The van der Waals surface area contributed by atoms with Gasteiger partial charge >= 0.3 is 23.9 Å². The van der Waals surface area contributed by atoms with Crippen molar-refractivity contribution >= 4 is 23.9 Å². The van der Waals surface area contributed by atoms with Gasteiger partial charge in [0.15, 0.2) is 0 Å². The van der Waals surface area contributed by atoms with Gasteiger partial charge in [0.2, 0.25) is 0 Å². The molecule has 0 radical (unpaired) electrons. The van der Waals surface area contributed by atoms with Gasteiger partial charge in [-0.3, -0.25) is 9.59 Å². The van der Waals surface area contributed by atoms with Crippen molar-refractivity contribution in [1.82, 2.24) is 0 Å². The van der Waals surface area contributed by atoms with Crippen LogP contribution >= 0.6 is 0 Å². The molecule has 0 rings (SSSR count). The second kappa shape index (κ2) is 11.0. The van der Waals surface area contributed by atoms with Crippen molar-refractivity contribution in [1.29, 1.82) is 0 Å². The zero-order valence-electron chi connectivity index (χ0n) is 15.2. The minimum Gasteiger partial charge on any atom is -0.469 e. The summed E-state index contributed by atoms with van der Waals surface area (Å²) in [6, 6.07) is 0. The van der Waals surface area contributed by atoms with Crippen LogP contribution in [0.5, 0.6) is 0 Å². The Morgan fingerprint density at radius 3 is 1.85 bits per heavy atom. The Bertz CT molecular complexity index is 579. The molecule has 0 fully saturated rings. The highest BCUT2D eigenvalue weighted by atomic mass is 16.6. The molecular weight excluding hydrogens is 348 g/mol. The number of carbonyl (C=O) groups is 4. The summed E-state index contributed by atoms with van der Waals surface area (Å²) in [6.45, 7) is 7.34. The average molecular weight is 372 g/mol. The lowest BCUT2D eigenvalue weighted by molar-refractivity contribution is -0.154. The quantitative estimate of drug-likeness (QED) is 0.310. The van der Waals surface area contributed by atoms with Gasteiger partial charge in [-0.15, -0.1) is 0 Å². The number of hydrogen-bond donors (Lipinski definition) is 1. The van der Waals surface area contributed by atoms with Gasteiger partial charge < -0.3 is 24.1 Å². The molecule has 9 heteroatoms. The van der Waals surface area contributed by atoms with E-state index in [2.05, 4.69) is 22.6 Å². The smallest absolute Gasteiger partial charge is 0.334 e. The highest BCUT2D eigenvalue weighted by Gasteiger charge is 2.29. The third-order valence-electron chi connectivity index (χ3n) is 3.22. The number of rotatable bonds is 11. The molecule has 0 aromatic carbocycles. The van der Waals surface area contributed by atoms with Gasteiger partial charge in [-0.05, 0) is 0 Å². The third-order valence-corrected chi connectivity index (χ3v) is 3.22. The zero-order valence-corrected chi connectivity index (χ0v) is 15.2. The summed E-state index contributed by atoms with van der Waals surface area (Å²) in [6.07, 6.45) is -0.695. The van der Waals surface area contributed by atoms with Crippen LogP contribution in [0.1, 0.15) is 19.8 Å². The Morgan fingerprint density at radius 2 is 1.35 bits per heavy atom. The molecule has 0 saturated heterocycles. The van der Waals surface area contributed by atoms with E-state index < -0.39 is 35.9 Å². The zero-order chi connectivity index (χ0) is 20.3. The van der Waals surface area contributed by atoms with Crippen molar-refractivity contribution in [2.45, 2.75) is 19.8 Å². The molecule has 0 aliphatic carbocycles. The molecule has 0 amide bonds. The Balaban J connectivity index is 4.51. The molecule has 1 unspecified atom stereocenters.